The van der Waals surface area contributed by atoms with Crippen LogP contribution < -0.4 is 4.74 Å². The van der Waals surface area contributed by atoms with Crippen LogP contribution in [0.4, 0.5) is 8.78 Å². The molecule has 0 heterocycles. The molecule has 0 unspecified atom stereocenters. The number of nitrogens with zero attached hydrogens (tertiary/aromatic N) is 1. The molecule has 0 amide bonds. The molecular weight excluding hydrogens is 228 g/mol. The van der Waals surface area contributed by atoms with Crippen molar-refractivity contribution in [3.63, 3.8) is 0 Å². The van der Waals surface area contributed by atoms with Crippen LogP contribution in [-0.2, 0) is 6.42 Å². The molecule has 1 aromatic carbocycles. The zero-order chi connectivity index (χ0) is 13.0. The van der Waals surface area contributed by atoms with Crippen LogP contribution in [0.15, 0.2) is 12.1 Å². The van der Waals surface area contributed by atoms with E-state index in [-0.39, 0.29) is 22.7 Å². The van der Waals surface area contributed by atoms with Gasteiger partial charge in [0.05, 0.1) is 11.6 Å². The van der Waals surface area contributed by atoms with Gasteiger partial charge in [-0.1, -0.05) is 6.92 Å². The molecular formula is C12H11F2NO2. The summed E-state index contributed by atoms with van der Waals surface area (Å²) in [6, 6.07) is 4.48. The number of aryl methyl sites for hydroxylation is 1. The second-order valence-corrected chi connectivity index (χ2v) is 3.41. The third-order valence-electron chi connectivity index (χ3n) is 2.30. The summed E-state index contributed by atoms with van der Waals surface area (Å²) in [7, 11) is 0. The molecule has 90 valence electrons. The average Bonchev–Trinajstić information content (AvgIpc) is 2.27. The van der Waals surface area contributed by atoms with Gasteiger partial charge >= 0.3 is 6.61 Å². The number of carbonyl (C=O) groups excluding carboxylic acids is 1. The Balaban J connectivity index is 3.35. The van der Waals surface area contributed by atoms with Crippen molar-refractivity contribution in [2.75, 3.05) is 0 Å². The summed E-state index contributed by atoms with van der Waals surface area (Å²) in [5.41, 5.74) is 0.753. The highest BCUT2D eigenvalue weighted by molar-refractivity contribution is 5.97. The first-order valence-corrected chi connectivity index (χ1v) is 5.02. The van der Waals surface area contributed by atoms with Crippen molar-refractivity contribution in [1.29, 1.82) is 5.26 Å². The smallest absolute Gasteiger partial charge is 0.387 e. The van der Waals surface area contributed by atoms with Crippen molar-refractivity contribution in [1.82, 2.24) is 0 Å². The molecule has 17 heavy (non-hydrogen) atoms. The summed E-state index contributed by atoms with van der Waals surface area (Å²) in [6.07, 6.45) is 0.439. The predicted octanol–water partition coefficient (Wildman–Crippen LogP) is 2.92. The number of hydrogen-bond acceptors (Lipinski definition) is 3. The Morgan fingerprint density at radius 2 is 2.18 bits per heavy atom. The van der Waals surface area contributed by atoms with Crippen molar-refractivity contribution in [3.05, 3.63) is 28.8 Å². The van der Waals surface area contributed by atoms with Gasteiger partial charge in [0.2, 0.25) is 0 Å². The molecule has 5 heteroatoms. The van der Waals surface area contributed by atoms with Gasteiger partial charge in [0, 0.05) is 5.56 Å². The van der Waals surface area contributed by atoms with Crippen molar-refractivity contribution < 1.29 is 18.3 Å². The molecule has 0 saturated heterocycles. The fourth-order valence-electron chi connectivity index (χ4n) is 1.49. The van der Waals surface area contributed by atoms with E-state index in [2.05, 4.69) is 4.74 Å². The average molecular weight is 239 g/mol. The van der Waals surface area contributed by atoms with E-state index in [1.807, 2.05) is 6.07 Å². The third-order valence-corrected chi connectivity index (χ3v) is 2.30. The topological polar surface area (TPSA) is 50.1 Å². The highest BCUT2D eigenvalue weighted by atomic mass is 19.3. The summed E-state index contributed by atoms with van der Waals surface area (Å²) >= 11 is 0. The maximum absolute atomic E-state index is 12.2. The molecule has 3 nitrogen and oxygen atoms in total. The first-order chi connectivity index (χ1) is 7.99. The Hall–Kier alpha value is -1.96. The molecule has 0 saturated carbocycles. The quantitative estimate of drug-likeness (QED) is 0.759. The molecule has 0 aliphatic rings. The summed E-state index contributed by atoms with van der Waals surface area (Å²) in [5, 5.41) is 8.87. The number of Topliss-reactive ketones (excluding diaryl/α,β-unsaturated/α-hetero) is 1. The minimum Gasteiger partial charge on any atom is -0.435 e. The van der Waals surface area contributed by atoms with Crippen molar-refractivity contribution in [2.24, 2.45) is 0 Å². The van der Waals surface area contributed by atoms with Crippen LogP contribution in [0.3, 0.4) is 0 Å². The lowest BCUT2D eigenvalue weighted by molar-refractivity contribution is -0.0504. The van der Waals surface area contributed by atoms with Crippen LogP contribution in [0.5, 0.6) is 5.75 Å². The summed E-state index contributed by atoms with van der Waals surface area (Å²) in [6.45, 7) is 0.0731. The van der Waals surface area contributed by atoms with Crippen LogP contribution in [0, 0.1) is 11.3 Å². The number of alkyl halides is 2. The molecule has 0 bridgehead atoms. The number of hydrogen-bond donors (Lipinski definition) is 0. The van der Waals surface area contributed by atoms with Gasteiger partial charge in [0.15, 0.2) is 5.78 Å². The Kier molecular flexibility index (Phi) is 4.16. The van der Waals surface area contributed by atoms with E-state index in [1.165, 1.54) is 19.1 Å². The zero-order valence-electron chi connectivity index (χ0n) is 9.46. The van der Waals surface area contributed by atoms with Crippen LogP contribution in [0.25, 0.3) is 0 Å². The lowest BCUT2D eigenvalue weighted by atomic mass is 10.00. The molecule has 1 rings (SSSR count). The SMILES string of the molecule is CCc1cc(C#N)c(C(C)=O)cc1OC(F)F. The van der Waals surface area contributed by atoms with E-state index < -0.39 is 6.61 Å². The Morgan fingerprint density at radius 1 is 1.53 bits per heavy atom. The van der Waals surface area contributed by atoms with Gasteiger partial charge in [0.25, 0.3) is 0 Å². The van der Waals surface area contributed by atoms with E-state index >= 15 is 0 Å². The van der Waals surface area contributed by atoms with Crippen LogP contribution in [0.2, 0.25) is 0 Å². The fourth-order valence-corrected chi connectivity index (χ4v) is 1.49. The lowest BCUT2D eigenvalue weighted by Crippen LogP contribution is -2.07. The third kappa shape index (κ3) is 3.00. The number of ether oxygens (including phenoxy) is 1. The first-order valence-electron chi connectivity index (χ1n) is 5.02. The van der Waals surface area contributed by atoms with E-state index in [4.69, 9.17) is 5.26 Å². The number of benzene rings is 1. The summed E-state index contributed by atoms with van der Waals surface area (Å²) in [5.74, 6) is -0.407. The summed E-state index contributed by atoms with van der Waals surface area (Å²) in [4.78, 5) is 11.3. The molecule has 0 N–H and O–H groups in total. The van der Waals surface area contributed by atoms with Gasteiger partial charge in [-0.2, -0.15) is 14.0 Å². The minimum atomic E-state index is -2.95. The second-order valence-electron chi connectivity index (χ2n) is 3.41. The largest absolute Gasteiger partial charge is 0.435 e. The molecule has 0 radical (unpaired) electrons. The maximum Gasteiger partial charge on any atom is 0.387 e. The lowest BCUT2D eigenvalue weighted by Gasteiger charge is -2.11. The van der Waals surface area contributed by atoms with E-state index in [1.54, 1.807) is 6.92 Å². The Bertz CT molecular complexity index is 478. The van der Waals surface area contributed by atoms with Gasteiger partial charge in [-0.3, -0.25) is 4.79 Å². The molecule has 0 spiro atoms. The normalized spacial score (nSPS) is 10.1. The number of carbonyl (C=O) groups is 1. The number of nitriles is 1. The van der Waals surface area contributed by atoms with E-state index in [9.17, 15) is 13.6 Å². The fraction of sp³-hybridized carbons (Fsp3) is 0.333. The predicted molar refractivity (Wildman–Crippen MR) is 57.2 cm³/mol. The molecule has 1 aromatic rings. The molecule has 0 aliphatic carbocycles. The van der Waals surface area contributed by atoms with Gasteiger partial charge in [-0.05, 0) is 31.0 Å². The Labute approximate surface area is 97.6 Å². The molecule has 0 fully saturated rings. The molecule has 0 aromatic heterocycles. The van der Waals surface area contributed by atoms with Crippen LogP contribution in [-0.4, -0.2) is 12.4 Å². The number of rotatable bonds is 4. The standard InChI is InChI=1S/C12H11F2NO2/c1-3-8-4-9(6-15)10(7(2)16)5-11(8)17-12(13)14/h4-5,12H,3H2,1-2H3. The van der Waals surface area contributed by atoms with Crippen molar-refractivity contribution in [2.45, 2.75) is 26.9 Å². The van der Waals surface area contributed by atoms with E-state index in [0.29, 0.717) is 12.0 Å². The minimum absolute atomic E-state index is 0.0494. The van der Waals surface area contributed by atoms with Crippen molar-refractivity contribution in [3.8, 4) is 11.8 Å². The second kappa shape index (κ2) is 5.39. The molecule has 0 aliphatic heterocycles. The summed E-state index contributed by atoms with van der Waals surface area (Å²) < 4.78 is 28.7. The van der Waals surface area contributed by atoms with Gasteiger partial charge in [-0.15, -0.1) is 0 Å². The highest BCUT2D eigenvalue weighted by Gasteiger charge is 2.15. The van der Waals surface area contributed by atoms with Crippen LogP contribution >= 0.6 is 0 Å². The zero-order valence-corrected chi connectivity index (χ0v) is 9.46. The first kappa shape index (κ1) is 13.1. The number of ketones is 1. The van der Waals surface area contributed by atoms with Crippen molar-refractivity contribution >= 4 is 5.78 Å². The maximum atomic E-state index is 12.2. The molecule has 0 atom stereocenters. The monoisotopic (exact) mass is 239 g/mol. The van der Waals surface area contributed by atoms with Gasteiger partial charge < -0.3 is 4.74 Å². The Morgan fingerprint density at radius 3 is 2.59 bits per heavy atom. The van der Waals surface area contributed by atoms with Gasteiger partial charge in [-0.25, -0.2) is 0 Å². The number of halogens is 2. The van der Waals surface area contributed by atoms with Crippen LogP contribution in [0.1, 0.15) is 35.3 Å². The van der Waals surface area contributed by atoms with E-state index in [0.717, 1.165) is 0 Å². The van der Waals surface area contributed by atoms with Gasteiger partial charge in [0.1, 0.15) is 5.75 Å². The highest BCUT2D eigenvalue weighted by Crippen LogP contribution is 2.26.